The molecule has 0 saturated carbocycles. The fraction of sp³-hybridized carbons (Fsp3) is 0.269. The summed E-state index contributed by atoms with van der Waals surface area (Å²) in [6.45, 7) is 7.40. The Morgan fingerprint density at radius 1 is 1.12 bits per heavy atom. The average molecular weight is 593 g/mol. The molecule has 2 aromatic carbocycles. The zero-order valence-corrected chi connectivity index (χ0v) is 23.1. The van der Waals surface area contributed by atoms with E-state index in [1.54, 1.807) is 17.7 Å². The number of halogens is 3. The molecule has 2 heterocycles. The van der Waals surface area contributed by atoms with Crippen LogP contribution in [0.1, 0.15) is 55.5 Å². The molecule has 218 valence electrons. The van der Waals surface area contributed by atoms with Crippen molar-refractivity contribution in [1.82, 2.24) is 15.4 Å². The topological polar surface area (TPSA) is 165 Å². The van der Waals surface area contributed by atoms with Crippen LogP contribution in [0.4, 0.5) is 30.5 Å². The van der Waals surface area contributed by atoms with Gasteiger partial charge in [0.05, 0.1) is 5.69 Å². The lowest BCUT2D eigenvalue weighted by Crippen LogP contribution is -2.21. The lowest BCUT2D eigenvalue weighted by atomic mass is 9.93. The first-order chi connectivity index (χ1) is 19.2. The summed E-state index contributed by atoms with van der Waals surface area (Å²) in [5.41, 5.74) is 5.78. The van der Waals surface area contributed by atoms with E-state index in [2.05, 4.69) is 20.7 Å². The summed E-state index contributed by atoms with van der Waals surface area (Å²) < 4.78 is 76.5. The molecule has 1 atom stereocenters. The van der Waals surface area contributed by atoms with Crippen LogP contribution in [-0.2, 0) is 15.4 Å². The van der Waals surface area contributed by atoms with Gasteiger partial charge in [0, 0.05) is 17.0 Å². The molecule has 41 heavy (non-hydrogen) atoms. The van der Waals surface area contributed by atoms with Crippen LogP contribution in [0.25, 0.3) is 11.3 Å². The van der Waals surface area contributed by atoms with E-state index >= 15 is 0 Å². The van der Waals surface area contributed by atoms with Gasteiger partial charge in [0.1, 0.15) is 40.5 Å². The maximum atomic E-state index is 13.4. The molecule has 4 aromatic rings. The van der Waals surface area contributed by atoms with Gasteiger partial charge in [-0.25, -0.2) is 12.8 Å². The molecule has 0 aliphatic carbocycles. The first-order valence-electron chi connectivity index (χ1n) is 12.1. The number of alkyl halides is 2. The fourth-order valence-electron chi connectivity index (χ4n) is 3.74. The molecule has 0 spiro atoms. The van der Waals surface area contributed by atoms with Crippen molar-refractivity contribution in [2.75, 3.05) is 10.0 Å². The lowest BCUT2D eigenvalue weighted by molar-refractivity contribution is 0.100. The third kappa shape index (κ3) is 6.62. The molecule has 0 bridgehead atoms. The second-order valence-corrected chi connectivity index (χ2v) is 11.7. The number of hydrogen-bond donors (Lipinski definition) is 4. The van der Waals surface area contributed by atoms with Crippen LogP contribution >= 0.6 is 0 Å². The van der Waals surface area contributed by atoms with E-state index in [0.29, 0.717) is 11.3 Å². The van der Waals surface area contributed by atoms with Gasteiger partial charge in [0.15, 0.2) is 5.82 Å². The van der Waals surface area contributed by atoms with Gasteiger partial charge in [-0.2, -0.15) is 13.9 Å². The number of ether oxygens (including phenoxy) is 1. The van der Waals surface area contributed by atoms with Crippen LogP contribution in [0.15, 0.2) is 53.1 Å². The number of nitrogens with zero attached hydrogens (tertiary/aromatic N) is 2. The van der Waals surface area contributed by atoms with Crippen molar-refractivity contribution in [1.29, 1.82) is 0 Å². The minimum atomic E-state index is -5.05. The third-order valence-electron chi connectivity index (χ3n) is 5.90. The van der Waals surface area contributed by atoms with Crippen molar-refractivity contribution in [2.45, 2.75) is 45.0 Å². The van der Waals surface area contributed by atoms with E-state index in [-0.39, 0.29) is 45.3 Å². The highest BCUT2D eigenvalue weighted by Gasteiger charge is 2.27. The van der Waals surface area contributed by atoms with Gasteiger partial charge in [0.2, 0.25) is 0 Å². The zero-order valence-electron chi connectivity index (χ0n) is 22.3. The molecule has 4 rings (SSSR count). The van der Waals surface area contributed by atoms with E-state index < -0.39 is 33.6 Å². The quantitative estimate of drug-likeness (QED) is 0.189. The minimum absolute atomic E-state index is 0.0575. The summed E-state index contributed by atoms with van der Waals surface area (Å²) in [5.74, 6) is -4.24. The van der Waals surface area contributed by atoms with Crippen LogP contribution < -0.4 is 20.5 Å². The van der Waals surface area contributed by atoms with Crippen molar-refractivity contribution in [3.8, 4) is 17.0 Å². The molecule has 5 N–H and O–H groups in total. The number of sulfonamides is 1. The molecule has 0 saturated heterocycles. The highest BCUT2D eigenvalue weighted by Crippen LogP contribution is 2.37. The Hall–Kier alpha value is -4.53. The molecule has 2 aromatic heterocycles. The highest BCUT2D eigenvalue weighted by molar-refractivity contribution is 7.93. The molecular weight excluding hydrogens is 565 g/mol. The Labute approximate surface area is 233 Å². The van der Waals surface area contributed by atoms with Gasteiger partial charge in [-0.1, -0.05) is 44.1 Å². The Morgan fingerprint density at radius 2 is 1.80 bits per heavy atom. The van der Waals surface area contributed by atoms with Crippen molar-refractivity contribution in [3.63, 3.8) is 0 Å². The number of anilines is 3. The largest absolute Gasteiger partial charge is 0.484 e. The monoisotopic (exact) mass is 592 g/mol. The van der Waals surface area contributed by atoms with Crippen molar-refractivity contribution in [3.05, 3.63) is 71.2 Å². The number of carbonyl (C=O) groups is 1. The number of hydrogen-bond acceptors (Lipinski definition) is 8. The molecule has 0 radical (unpaired) electrons. The van der Waals surface area contributed by atoms with Crippen LogP contribution in [0.5, 0.6) is 5.75 Å². The summed E-state index contributed by atoms with van der Waals surface area (Å²) in [4.78, 5) is 12.5. The number of primary amides is 1. The van der Waals surface area contributed by atoms with Crippen molar-refractivity contribution in [2.24, 2.45) is 5.73 Å². The van der Waals surface area contributed by atoms with Gasteiger partial charge in [-0.15, -0.1) is 0 Å². The zero-order chi connectivity index (χ0) is 30.1. The first-order valence-corrected chi connectivity index (χ1v) is 13.7. The molecule has 0 aliphatic heterocycles. The molecule has 11 nitrogen and oxygen atoms in total. The van der Waals surface area contributed by atoms with Crippen LogP contribution in [-0.4, -0.2) is 35.4 Å². The predicted octanol–water partition coefficient (Wildman–Crippen LogP) is 5.45. The Balaban J connectivity index is 1.74. The molecular formula is C26H27F3N6O5S. The van der Waals surface area contributed by atoms with Crippen molar-refractivity contribution < 1.29 is 35.6 Å². The lowest BCUT2D eigenvalue weighted by Gasteiger charge is -2.19. The van der Waals surface area contributed by atoms with Crippen LogP contribution in [0, 0.1) is 5.82 Å². The molecule has 0 unspecified atom stereocenters. The van der Waals surface area contributed by atoms with Gasteiger partial charge in [0.25, 0.3) is 15.9 Å². The van der Waals surface area contributed by atoms with Gasteiger partial charge in [-0.3, -0.25) is 14.6 Å². The smallest absolute Gasteiger partial charge is 0.355 e. The van der Waals surface area contributed by atoms with Gasteiger partial charge < -0.3 is 20.3 Å². The molecule has 1 amide bonds. The van der Waals surface area contributed by atoms with E-state index in [0.717, 1.165) is 0 Å². The summed E-state index contributed by atoms with van der Waals surface area (Å²) in [7, 11) is -5.05. The Morgan fingerprint density at radius 3 is 2.39 bits per heavy atom. The average Bonchev–Trinajstić information content (AvgIpc) is 3.53. The highest BCUT2D eigenvalue weighted by atomic mass is 32.2. The predicted molar refractivity (Wildman–Crippen MR) is 145 cm³/mol. The maximum absolute atomic E-state index is 13.4. The third-order valence-corrected chi connectivity index (χ3v) is 6.87. The van der Waals surface area contributed by atoms with E-state index in [9.17, 15) is 26.4 Å². The standard InChI is InChI=1S/C26H27F3N6O5S/c1-13(14-5-8-16(27)9-6-14)39-18-11-15(7-10-17(18)35-41(37,38)25(28)29)22-21(23(30)36)24(33-32-22)31-20-12-19(40-34-20)26(2,3)4/h5-13,25,35H,1-4H3,(H2,30,36)(H2,31,32,33,34)/t13-/m0/s1. The summed E-state index contributed by atoms with van der Waals surface area (Å²) >= 11 is 0. The van der Waals surface area contributed by atoms with Gasteiger partial charge >= 0.3 is 5.76 Å². The van der Waals surface area contributed by atoms with Gasteiger partial charge in [-0.05, 0) is 36.8 Å². The summed E-state index contributed by atoms with van der Waals surface area (Å²) in [6, 6.07) is 10.8. The number of nitrogens with two attached hydrogens (primary N) is 1. The number of H-pyrrole nitrogens is 1. The van der Waals surface area contributed by atoms with E-state index in [1.165, 1.54) is 42.5 Å². The molecule has 15 heteroatoms. The van der Waals surface area contributed by atoms with E-state index in [4.69, 9.17) is 15.0 Å². The second kappa shape index (κ2) is 11.2. The normalized spacial score (nSPS) is 12.8. The van der Waals surface area contributed by atoms with Crippen LogP contribution in [0.2, 0.25) is 0 Å². The Bertz CT molecular complexity index is 1660. The van der Waals surface area contributed by atoms with Crippen LogP contribution in [0.3, 0.4) is 0 Å². The van der Waals surface area contributed by atoms with E-state index in [1.807, 2.05) is 20.8 Å². The number of aromatic nitrogens is 3. The van der Waals surface area contributed by atoms with Crippen molar-refractivity contribution >= 4 is 33.3 Å². The number of carbonyl (C=O) groups excluding carboxylic acids is 1. The SMILES string of the molecule is C[C@H](Oc1cc(-c2n[nH]c(Nc3cc(C(C)(C)C)on3)c2C(N)=O)ccc1NS(=O)(=O)C(F)F)c1ccc(F)cc1. The fourth-order valence-corrected chi connectivity index (χ4v) is 4.30. The minimum Gasteiger partial charge on any atom is -0.484 e. The number of nitrogens with one attached hydrogen (secondary N) is 3. The number of benzene rings is 2. The maximum Gasteiger partial charge on any atom is 0.355 e. The molecule has 0 aliphatic rings. The number of rotatable bonds is 10. The number of aromatic amines is 1. The molecule has 0 fully saturated rings. The summed E-state index contributed by atoms with van der Waals surface area (Å²) in [5, 5.41) is 13.7. The first kappa shape index (κ1) is 29.5. The second-order valence-electron chi connectivity index (χ2n) is 10.1. The Kier molecular flexibility index (Phi) is 8.01. The number of amides is 1. The summed E-state index contributed by atoms with van der Waals surface area (Å²) in [6.07, 6.45) is -0.767.